The van der Waals surface area contributed by atoms with Gasteiger partial charge in [-0.05, 0) is 78.2 Å². The van der Waals surface area contributed by atoms with Crippen molar-refractivity contribution in [2.45, 2.75) is 0 Å². The van der Waals surface area contributed by atoms with Gasteiger partial charge in [0.05, 0.1) is 16.7 Å². The van der Waals surface area contributed by atoms with Gasteiger partial charge in [0.2, 0.25) is 0 Å². The van der Waals surface area contributed by atoms with Gasteiger partial charge in [-0.3, -0.25) is 4.57 Å². The van der Waals surface area contributed by atoms with Gasteiger partial charge in [-0.25, -0.2) is 4.98 Å². The fourth-order valence-corrected chi connectivity index (χ4v) is 7.83. The average molecular weight is 623 g/mol. The number of para-hydroxylation sites is 2. The lowest BCUT2D eigenvalue weighted by atomic mass is 9.84. The Morgan fingerprint density at radius 2 is 0.837 bits per heavy atom. The van der Waals surface area contributed by atoms with Gasteiger partial charge in [0.25, 0.3) is 0 Å². The maximum Gasteiger partial charge on any atom is 0.145 e. The molecule has 0 aliphatic heterocycles. The van der Waals surface area contributed by atoms with Crippen LogP contribution in [0.2, 0.25) is 0 Å². The Bertz CT molecular complexity index is 2810. The van der Waals surface area contributed by atoms with Crippen molar-refractivity contribution in [2.24, 2.45) is 0 Å². The molecule has 10 rings (SSSR count). The smallest absolute Gasteiger partial charge is 0.145 e. The highest BCUT2D eigenvalue weighted by Crippen LogP contribution is 2.45. The van der Waals surface area contributed by atoms with E-state index in [9.17, 15) is 0 Å². The summed E-state index contributed by atoms with van der Waals surface area (Å²) < 4.78 is 2.32. The first-order valence-corrected chi connectivity index (χ1v) is 16.8. The van der Waals surface area contributed by atoms with Gasteiger partial charge in [0.1, 0.15) is 5.82 Å². The third kappa shape index (κ3) is 4.31. The Morgan fingerprint density at radius 1 is 0.347 bits per heavy atom. The second kappa shape index (κ2) is 11.0. The lowest BCUT2D eigenvalue weighted by Crippen LogP contribution is -1.98. The highest BCUT2D eigenvalue weighted by atomic mass is 15.1. The van der Waals surface area contributed by atoms with Crippen molar-refractivity contribution in [3.05, 3.63) is 182 Å². The van der Waals surface area contributed by atoms with Gasteiger partial charge < -0.3 is 0 Å². The van der Waals surface area contributed by atoms with Crippen molar-refractivity contribution in [3.8, 4) is 39.3 Å². The lowest BCUT2D eigenvalue weighted by Gasteiger charge is -2.19. The van der Waals surface area contributed by atoms with Gasteiger partial charge in [-0.15, -0.1) is 0 Å². The predicted octanol–water partition coefficient (Wildman–Crippen LogP) is 12.6. The van der Waals surface area contributed by atoms with E-state index in [4.69, 9.17) is 4.98 Å². The molecule has 0 fully saturated rings. The summed E-state index contributed by atoms with van der Waals surface area (Å²) in [6.45, 7) is 0. The molecule has 0 radical (unpaired) electrons. The summed E-state index contributed by atoms with van der Waals surface area (Å²) in [7, 11) is 0. The van der Waals surface area contributed by atoms with Crippen LogP contribution in [0.15, 0.2) is 182 Å². The van der Waals surface area contributed by atoms with E-state index in [1.807, 2.05) is 0 Å². The highest BCUT2D eigenvalue weighted by Gasteiger charge is 2.19. The van der Waals surface area contributed by atoms with Crippen molar-refractivity contribution in [1.82, 2.24) is 9.55 Å². The molecule has 2 nitrogen and oxygen atoms in total. The summed E-state index contributed by atoms with van der Waals surface area (Å²) in [5.41, 5.74) is 9.28. The molecule has 2 heteroatoms. The fourth-order valence-electron chi connectivity index (χ4n) is 7.83. The molecule has 1 aromatic heterocycles. The Morgan fingerprint density at radius 3 is 1.53 bits per heavy atom. The number of benzene rings is 9. The second-order valence-corrected chi connectivity index (χ2v) is 12.7. The van der Waals surface area contributed by atoms with Crippen LogP contribution in [-0.2, 0) is 0 Å². The third-order valence-electron chi connectivity index (χ3n) is 9.99. The summed E-state index contributed by atoms with van der Waals surface area (Å²) in [4.78, 5) is 5.20. The van der Waals surface area contributed by atoms with E-state index in [0.717, 1.165) is 28.1 Å². The zero-order valence-electron chi connectivity index (χ0n) is 26.7. The van der Waals surface area contributed by atoms with Crippen LogP contribution in [0.25, 0.3) is 93.5 Å². The highest BCUT2D eigenvalue weighted by molar-refractivity contribution is 6.23. The molecule has 0 atom stereocenters. The van der Waals surface area contributed by atoms with E-state index in [0.29, 0.717) is 0 Å². The molecule has 228 valence electrons. The Kier molecular flexibility index (Phi) is 6.22. The quantitative estimate of drug-likeness (QED) is 0.179. The zero-order valence-corrected chi connectivity index (χ0v) is 26.7. The van der Waals surface area contributed by atoms with E-state index in [1.54, 1.807) is 0 Å². The second-order valence-electron chi connectivity index (χ2n) is 12.7. The van der Waals surface area contributed by atoms with E-state index < -0.39 is 0 Å². The first kappa shape index (κ1) is 27.6. The number of hydrogen-bond acceptors (Lipinski definition) is 1. The topological polar surface area (TPSA) is 17.8 Å². The standard InChI is InChI=1S/C47H30N2/c1-3-17-35-31(13-1)15-11-23-37(35)46-40-21-7-5-19-38(40)45(39-20-6-8-22-41(39)46)33-27-29-34(30-28-33)47-48-42-24-9-10-25-44(42)49(47)43-26-12-16-32-14-2-4-18-36(32)43/h1-30H. The zero-order chi connectivity index (χ0) is 32.3. The molecule has 0 saturated heterocycles. The molecule has 0 unspecified atom stereocenters. The fraction of sp³-hybridized carbons (Fsp3) is 0. The number of rotatable bonds is 4. The minimum Gasteiger partial charge on any atom is -0.292 e. The molecule has 0 aliphatic carbocycles. The van der Waals surface area contributed by atoms with Crippen LogP contribution in [0.4, 0.5) is 0 Å². The van der Waals surface area contributed by atoms with Crippen LogP contribution >= 0.6 is 0 Å². The predicted molar refractivity (Wildman–Crippen MR) is 207 cm³/mol. The van der Waals surface area contributed by atoms with Crippen LogP contribution in [0.5, 0.6) is 0 Å². The number of hydrogen-bond donors (Lipinski definition) is 0. The van der Waals surface area contributed by atoms with Crippen LogP contribution in [0.1, 0.15) is 0 Å². The van der Waals surface area contributed by atoms with Crippen LogP contribution in [-0.4, -0.2) is 9.55 Å². The Balaban J connectivity index is 1.19. The summed E-state index contributed by atoms with van der Waals surface area (Å²) in [6.07, 6.45) is 0. The molecular formula is C47H30N2. The van der Waals surface area contributed by atoms with E-state index in [-0.39, 0.29) is 0 Å². The first-order chi connectivity index (χ1) is 24.3. The molecule has 0 saturated carbocycles. The SMILES string of the molecule is c1ccc2c(-c3c4ccccc4c(-c4ccc(-c5nc6ccccc6n5-c5cccc6ccccc56)cc4)c4ccccc34)cccc2c1. The number of imidazole rings is 1. The summed E-state index contributed by atoms with van der Waals surface area (Å²) in [5.74, 6) is 0.935. The van der Waals surface area contributed by atoms with Gasteiger partial charge in [0, 0.05) is 10.9 Å². The van der Waals surface area contributed by atoms with Crippen LogP contribution in [0, 0.1) is 0 Å². The molecule has 0 amide bonds. The summed E-state index contributed by atoms with van der Waals surface area (Å²) in [6, 6.07) is 65.6. The van der Waals surface area contributed by atoms with Gasteiger partial charge in [0.15, 0.2) is 0 Å². The van der Waals surface area contributed by atoms with E-state index in [2.05, 4.69) is 187 Å². The molecular weight excluding hydrogens is 593 g/mol. The molecule has 49 heavy (non-hydrogen) atoms. The lowest BCUT2D eigenvalue weighted by molar-refractivity contribution is 1.11. The van der Waals surface area contributed by atoms with Crippen LogP contribution < -0.4 is 0 Å². The van der Waals surface area contributed by atoms with Gasteiger partial charge in [-0.1, -0.05) is 164 Å². The molecule has 9 aromatic carbocycles. The maximum absolute atomic E-state index is 5.20. The Hall–Kier alpha value is -6.51. The van der Waals surface area contributed by atoms with Crippen LogP contribution in [0.3, 0.4) is 0 Å². The normalized spacial score (nSPS) is 11.7. The molecule has 1 heterocycles. The molecule has 0 bridgehead atoms. The van der Waals surface area contributed by atoms with Crippen molar-refractivity contribution >= 4 is 54.1 Å². The Labute approximate surface area is 284 Å². The molecule has 0 N–H and O–H groups in total. The van der Waals surface area contributed by atoms with Crippen molar-refractivity contribution < 1.29 is 0 Å². The minimum atomic E-state index is 0.935. The van der Waals surface area contributed by atoms with E-state index in [1.165, 1.54) is 65.3 Å². The third-order valence-corrected chi connectivity index (χ3v) is 9.99. The first-order valence-electron chi connectivity index (χ1n) is 16.8. The molecule has 10 aromatic rings. The molecule has 0 spiro atoms. The average Bonchev–Trinajstić information content (AvgIpc) is 3.56. The summed E-state index contributed by atoms with van der Waals surface area (Å²) in [5, 5.41) is 9.96. The number of fused-ring (bicyclic) bond motifs is 5. The van der Waals surface area contributed by atoms with Crippen molar-refractivity contribution in [3.63, 3.8) is 0 Å². The number of aromatic nitrogens is 2. The molecule has 0 aliphatic rings. The number of nitrogens with zero attached hydrogens (tertiary/aromatic N) is 2. The van der Waals surface area contributed by atoms with Gasteiger partial charge in [-0.2, -0.15) is 0 Å². The summed E-state index contributed by atoms with van der Waals surface area (Å²) >= 11 is 0. The van der Waals surface area contributed by atoms with Gasteiger partial charge >= 0.3 is 0 Å². The van der Waals surface area contributed by atoms with E-state index >= 15 is 0 Å². The maximum atomic E-state index is 5.20. The largest absolute Gasteiger partial charge is 0.292 e. The van der Waals surface area contributed by atoms with Crippen molar-refractivity contribution in [2.75, 3.05) is 0 Å². The monoisotopic (exact) mass is 622 g/mol. The minimum absolute atomic E-state index is 0.935. The van der Waals surface area contributed by atoms with Crippen molar-refractivity contribution in [1.29, 1.82) is 0 Å².